The molecule has 1 fully saturated rings. The van der Waals surface area contributed by atoms with E-state index in [1.807, 2.05) is 30.3 Å². The average Bonchev–Trinajstić information content (AvgIpc) is 3.15. The van der Waals surface area contributed by atoms with Gasteiger partial charge in [0.25, 0.3) is 0 Å². The third-order valence-corrected chi connectivity index (χ3v) is 5.26. The van der Waals surface area contributed by atoms with Crippen molar-refractivity contribution in [2.45, 2.75) is 18.9 Å². The first-order valence-corrected chi connectivity index (χ1v) is 10.1. The van der Waals surface area contributed by atoms with Crippen molar-refractivity contribution < 1.29 is 17.9 Å². The van der Waals surface area contributed by atoms with Crippen molar-refractivity contribution in [1.82, 2.24) is 19.5 Å². The summed E-state index contributed by atoms with van der Waals surface area (Å²) in [5.74, 6) is -2.53. The standard InChI is InChI=1S/C22H19F3N6O/c23-13-10-16(24)19(17(25)11-13)29-22-28-18-12-26-21(27-14-4-2-1-3-5-14)30-20(18)31(22)15-6-8-32-9-7-15/h1-5,10-12,15H,6-9H2,(H,28,29)(H,26,27,30). The molecule has 1 saturated heterocycles. The summed E-state index contributed by atoms with van der Waals surface area (Å²) in [5.41, 5.74) is 1.31. The number of hydrogen-bond acceptors (Lipinski definition) is 6. The lowest BCUT2D eigenvalue weighted by Crippen LogP contribution is -2.21. The lowest BCUT2D eigenvalue weighted by molar-refractivity contribution is 0.0710. The number of ether oxygens (including phenoxy) is 1. The second-order valence-corrected chi connectivity index (χ2v) is 7.41. The fourth-order valence-electron chi connectivity index (χ4n) is 3.75. The third-order valence-electron chi connectivity index (χ3n) is 5.26. The number of hydrogen-bond donors (Lipinski definition) is 2. The Bertz CT molecular complexity index is 1230. The number of imidazole rings is 1. The maximum absolute atomic E-state index is 14.3. The van der Waals surface area contributed by atoms with Gasteiger partial charge < -0.3 is 15.4 Å². The molecule has 4 aromatic rings. The first-order valence-electron chi connectivity index (χ1n) is 10.1. The summed E-state index contributed by atoms with van der Waals surface area (Å²) in [6, 6.07) is 10.6. The van der Waals surface area contributed by atoms with Gasteiger partial charge in [-0.05, 0) is 25.0 Å². The van der Waals surface area contributed by atoms with Gasteiger partial charge in [0.05, 0.1) is 6.20 Å². The Morgan fingerprint density at radius 3 is 2.38 bits per heavy atom. The van der Waals surface area contributed by atoms with Gasteiger partial charge in [-0.25, -0.2) is 23.1 Å². The van der Waals surface area contributed by atoms with Gasteiger partial charge in [-0.15, -0.1) is 0 Å². The molecule has 0 atom stereocenters. The van der Waals surface area contributed by atoms with Crippen molar-refractivity contribution in [2.75, 3.05) is 23.8 Å². The minimum atomic E-state index is -1.05. The van der Waals surface area contributed by atoms with E-state index in [4.69, 9.17) is 4.74 Å². The molecule has 2 aromatic carbocycles. The Morgan fingerprint density at radius 2 is 1.66 bits per heavy atom. The highest BCUT2D eigenvalue weighted by Crippen LogP contribution is 2.33. The van der Waals surface area contributed by atoms with E-state index >= 15 is 0 Å². The number of para-hydroxylation sites is 1. The predicted molar refractivity (Wildman–Crippen MR) is 114 cm³/mol. The summed E-state index contributed by atoms with van der Waals surface area (Å²) < 4.78 is 49.2. The van der Waals surface area contributed by atoms with E-state index in [-0.39, 0.29) is 12.0 Å². The summed E-state index contributed by atoms with van der Waals surface area (Å²) in [6.07, 6.45) is 2.91. The van der Waals surface area contributed by atoms with Crippen molar-refractivity contribution in [3.05, 3.63) is 66.1 Å². The fourth-order valence-corrected chi connectivity index (χ4v) is 3.75. The molecule has 7 nitrogen and oxygen atoms in total. The Morgan fingerprint density at radius 1 is 0.938 bits per heavy atom. The molecule has 5 rings (SSSR count). The Balaban J connectivity index is 1.59. The first-order chi connectivity index (χ1) is 15.6. The summed E-state index contributed by atoms with van der Waals surface area (Å²) in [7, 11) is 0. The topological polar surface area (TPSA) is 76.9 Å². The summed E-state index contributed by atoms with van der Waals surface area (Å²) >= 11 is 0. The number of aromatic nitrogens is 4. The van der Waals surface area contributed by atoms with E-state index < -0.39 is 23.1 Å². The molecule has 3 heterocycles. The first kappa shape index (κ1) is 20.3. The molecule has 2 aromatic heterocycles. The van der Waals surface area contributed by atoms with Crippen LogP contribution in [0.1, 0.15) is 18.9 Å². The molecular formula is C22H19F3N6O. The molecule has 0 saturated carbocycles. The van der Waals surface area contributed by atoms with E-state index in [2.05, 4.69) is 25.6 Å². The highest BCUT2D eigenvalue weighted by Gasteiger charge is 2.25. The number of nitrogens with zero attached hydrogens (tertiary/aromatic N) is 4. The maximum Gasteiger partial charge on any atom is 0.229 e. The smallest absolute Gasteiger partial charge is 0.229 e. The van der Waals surface area contributed by atoms with Crippen LogP contribution < -0.4 is 10.6 Å². The van der Waals surface area contributed by atoms with Crippen LogP contribution in [0.2, 0.25) is 0 Å². The van der Waals surface area contributed by atoms with Crippen LogP contribution in [0.3, 0.4) is 0 Å². The van der Waals surface area contributed by atoms with Gasteiger partial charge >= 0.3 is 0 Å². The molecule has 1 aliphatic heterocycles. The van der Waals surface area contributed by atoms with Crippen molar-refractivity contribution in [3.63, 3.8) is 0 Å². The lowest BCUT2D eigenvalue weighted by atomic mass is 10.1. The van der Waals surface area contributed by atoms with Crippen LogP contribution >= 0.6 is 0 Å². The molecule has 164 valence electrons. The molecule has 0 bridgehead atoms. The molecule has 2 N–H and O–H groups in total. The second kappa shape index (κ2) is 8.46. The number of anilines is 4. The van der Waals surface area contributed by atoms with Crippen molar-refractivity contribution >= 4 is 34.4 Å². The number of halogens is 3. The fraction of sp³-hybridized carbons (Fsp3) is 0.227. The van der Waals surface area contributed by atoms with Crippen molar-refractivity contribution in [3.8, 4) is 0 Å². The van der Waals surface area contributed by atoms with Crippen LogP contribution in [0.4, 0.5) is 36.4 Å². The average molecular weight is 440 g/mol. The van der Waals surface area contributed by atoms with E-state index in [0.29, 0.717) is 55.3 Å². The summed E-state index contributed by atoms with van der Waals surface area (Å²) in [5, 5.41) is 5.84. The van der Waals surface area contributed by atoms with Crippen LogP contribution in [0.15, 0.2) is 48.7 Å². The van der Waals surface area contributed by atoms with Gasteiger partial charge in [-0.2, -0.15) is 4.98 Å². The molecule has 10 heteroatoms. The zero-order chi connectivity index (χ0) is 22.1. The molecule has 0 spiro atoms. The maximum atomic E-state index is 14.3. The molecule has 0 radical (unpaired) electrons. The lowest BCUT2D eigenvalue weighted by Gasteiger charge is -2.25. The van der Waals surface area contributed by atoms with Crippen LogP contribution in [-0.2, 0) is 4.74 Å². The van der Waals surface area contributed by atoms with E-state index in [9.17, 15) is 13.2 Å². The molecule has 0 aliphatic carbocycles. The minimum absolute atomic E-state index is 0.0534. The number of rotatable bonds is 5. The highest BCUT2D eigenvalue weighted by molar-refractivity contribution is 5.77. The minimum Gasteiger partial charge on any atom is -0.381 e. The molecule has 0 amide bonds. The van der Waals surface area contributed by atoms with Crippen LogP contribution in [0.5, 0.6) is 0 Å². The third kappa shape index (κ3) is 3.96. The summed E-state index contributed by atoms with van der Waals surface area (Å²) in [6.45, 7) is 1.09. The van der Waals surface area contributed by atoms with Crippen molar-refractivity contribution in [2.24, 2.45) is 0 Å². The number of nitrogens with one attached hydrogen (secondary N) is 2. The summed E-state index contributed by atoms with van der Waals surface area (Å²) in [4.78, 5) is 13.4. The van der Waals surface area contributed by atoms with E-state index in [1.165, 1.54) is 0 Å². The van der Waals surface area contributed by atoms with Gasteiger partial charge in [0, 0.05) is 37.1 Å². The Kier molecular flexibility index (Phi) is 5.36. The zero-order valence-corrected chi connectivity index (χ0v) is 16.9. The van der Waals surface area contributed by atoms with E-state index in [1.54, 1.807) is 10.8 Å². The Hall–Kier alpha value is -3.66. The second-order valence-electron chi connectivity index (χ2n) is 7.41. The molecule has 1 aliphatic rings. The quantitative estimate of drug-likeness (QED) is 0.451. The molecule has 0 unspecified atom stereocenters. The largest absolute Gasteiger partial charge is 0.381 e. The van der Waals surface area contributed by atoms with Crippen LogP contribution in [-0.4, -0.2) is 32.7 Å². The van der Waals surface area contributed by atoms with Gasteiger partial charge in [-0.3, -0.25) is 4.57 Å². The van der Waals surface area contributed by atoms with E-state index in [0.717, 1.165) is 5.69 Å². The zero-order valence-electron chi connectivity index (χ0n) is 16.9. The normalized spacial score (nSPS) is 14.6. The van der Waals surface area contributed by atoms with Crippen LogP contribution in [0.25, 0.3) is 11.2 Å². The number of fused-ring (bicyclic) bond motifs is 1. The van der Waals surface area contributed by atoms with Gasteiger partial charge in [-0.1, -0.05) is 18.2 Å². The van der Waals surface area contributed by atoms with Gasteiger partial charge in [0.15, 0.2) is 17.3 Å². The molecule has 32 heavy (non-hydrogen) atoms. The van der Waals surface area contributed by atoms with Gasteiger partial charge in [0.2, 0.25) is 11.9 Å². The van der Waals surface area contributed by atoms with Crippen molar-refractivity contribution in [1.29, 1.82) is 0 Å². The van der Waals surface area contributed by atoms with Gasteiger partial charge in [0.1, 0.15) is 17.0 Å². The predicted octanol–water partition coefficient (Wildman–Crippen LogP) is 5.08. The monoisotopic (exact) mass is 440 g/mol. The number of benzene rings is 2. The SMILES string of the molecule is Fc1cc(F)c(Nc2nc3cnc(Nc4ccccc4)nc3n2C2CCOCC2)c(F)c1. The van der Waals surface area contributed by atoms with Crippen LogP contribution in [0, 0.1) is 17.5 Å². The highest BCUT2D eigenvalue weighted by atomic mass is 19.1. The Labute approximate surface area is 181 Å². The molecular weight excluding hydrogens is 421 g/mol.